The summed E-state index contributed by atoms with van der Waals surface area (Å²) in [6.07, 6.45) is 1.00. The SMILES string of the molecule is Fc1cnc(Cl)nc1Nc1nc(-c2ccccc2Cl)cs1. The quantitative estimate of drug-likeness (QED) is 0.696. The summed E-state index contributed by atoms with van der Waals surface area (Å²) in [6, 6.07) is 7.36. The topological polar surface area (TPSA) is 50.7 Å². The zero-order valence-corrected chi connectivity index (χ0v) is 12.7. The highest BCUT2D eigenvalue weighted by Gasteiger charge is 2.11. The lowest BCUT2D eigenvalue weighted by atomic mass is 10.2. The summed E-state index contributed by atoms with van der Waals surface area (Å²) in [6.45, 7) is 0. The van der Waals surface area contributed by atoms with Gasteiger partial charge in [-0.05, 0) is 17.7 Å². The molecule has 0 saturated heterocycles. The third-order valence-electron chi connectivity index (χ3n) is 2.59. The van der Waals surface area contributed by atoms with Crippen LogP contribution in [0, 0.1) is 5.82 Å². The third kappa shape index (κ3) is 3.12. The first-order chi connectivity index (χ1) is 10.1. The van der Waals surface area contributed by atoms with Gasteiger partial charge in [0.25, 0.3) is 0 Å². The van der Waals surface area contributed by atoms with E-state index in [1.54, 1.807) is 6.07 Å². The number of nitrogens with one attached hydrogen (secondary N) is 1. The van der Waals surface area contributed by atoms with Gasteiger partial charge in [-0.25, -0.2) is 14.4 Å². The van der Waals surface area contributed by atoms with Crippen LogP contribution in [-0.4, -0.2) is 15.0 Å². The molecule has 0 unspecified atom stereocenters. The molecule has 106 valence electrons. The van der Waals surface area contributed by atoms with Crippen LogP contribution in [0.5, 0.6) is 0 Å². The fraction of sp³-hybridized carbons (Fsp3) is 0. The number of anilines is 2. The van der Waals surface area contributed by atoms with E-state index in [9.17, 15) is 4.39 Å². The van der Waals surface area contributed by atoms with Gasteiger partial charge in [0, 0.05) is 16.0 Å². The highest BCUT2D eigenvalue weighted by atomic mass is 35.5. The number of halogens is 3. The molecule has 2 aromatic heterocycles. The summed E-state index contributed by atoms with van der Waals surface area (Å²) >= 11 is 13.1. The molecule has 0 radical (unpaired) electrons. The average molecular weight is 341 g/mol. The van der Waals surface area contributed by atoms with Crippen molar-refractivity contribution in [3.8, 4) is 11.3 Å². The summed E-state index contributed by atoms with van der Waals surface area (Å²) in [4.78, 5) is 11.7. The molecule has 0 amide bonds. The van der Waals surface area contributed by atoms with Crippen molar-refractivity contribution >= 4 is 45.5 Å². The molecule has 2 heterocycles. The largest absolute Gasteiger partial charge is 0.314 e. The number of thiazole rings is 1. The second-order valence-corrected chi connectivity index (χ2v) is 5.58. The predicted molar refractivity (Wildman–Crippen MR) is 82.8 cm³/mol. The normalized spacial score (nSPS) is 10.6. The summed E-state index contributed by atoms with van der Waals surface area (Å²) in [7, 11) is 0. The molecule has 4 nitrogen and oxygen atoms in total. The molecule has 0 saturated carbocycles. The van der Waals surface area contributed by atoms with Crippen molar-refractivity contribution in [3.05, 3.63) is 52.0 Å². The molecule has 0 fully saturated rings. The Labute approximate surface area is 133 Å². The number of aromatic nitrogens is 3. The Hall–Kier alpha value is -1.76. The van der Waals surface area contributed by atoms with E-state index in [-0.39, 0.29) is 11.1 Å². The van der Waals surface area contributed by atoms with Crippen LogP contribution in [0.4, 0.5) is 15.3 Å². The molecular formula is C13H7Cl2FN4S. The van der Waals surface area contributed by atoms with Crippen LogP contribution in [0.3, 0.4) is 0 Å². The van der Waals surface area contributed by atoms with Crippen molar-refractivity contribution in [2.45, 2.75) is 0 Å². The zero-order chi connectivity index (χ0) is 14.8. The highest BCUT2D eigenvalue weighted by Crippen LogP contribution is 2.31. The van der Waals surface area contributed by atoms with E-state index < -0.39 is 5.82 Å². The Kier molecular flexibility index (Phi) is 4.01. The predicted octanol–water partition coefficient (Wildman–Crippen LogP) is 4.79. The van der Waals surface area contributed by atoms with Crippen LogP contribution in [0.25, 0.3) is 11.3 Å². The molecule has 0 aliphatic heterocycles. The summed E-state index contributed by atoms with van der Waals surface area (Å²) < 4.78 is 13.6. The van der Waals surface area contributed by atoms with Gasteiger partial charge in [0.2, 0.25) is 5.28 Å². The van der Waals surface area contributed by atoms with Crippen LogP contribution >= 0.6 is 34.5 Å². The Bertz CT molecular complexity index is 793. The molecule has 0 aliphatic carbocycles. The number of hydrogen-bond donors (Lipinski definition) is 1. The first-order valence-electron chi connectivity index (χ1n) is 5.79. The zero-order valence-electron chi connectivity index (χ0n) is 10.3. The average Bonchev–Trinajstić information content (AvgIpc) is 2.92. The van der Waals surface area contributed by atoms with E-state index in [1.807, 2.05) is 23.6 Å². The summed E-state index contributed by atoms with van der Waals surface area (Å²) in [5.41, 5.74) is 1.51. The molecule has 1 N–H and O–H groups in total. The second-order valence-electron chi connectivity index (χ2n) is 3.98. The lowest BCUT2D eigenvalue weighted by Crippen LogP contribution is -1.98. The monoisotopic (exact) mass is 340 g/mol. The molecule has 3 aromatic rings. The van der Waals surface area contributed by atoms with E-state index in [1.165, 1.54) is 11.3 Å². The minimum absolute atomic E-state index is 0.0185. The van der Waals surface area contributed by atoms with Gasteiger partial charge >= 0.3 is 0 Å². The smallest absolute Gasteiger partial charge is 0.224 e. The number of hydrogen-bond acceptors (Lipinski definition) is 5. The van der Waals surface area contributed by atoms with Gasteiger partial charge in [-0.2, -0.15) is 4.98 Å². The Morgan fingerprint density at radius 1 is 1.14 bits per heavy atom. The number of nitrogens with zero attached hydrogens (tertiary/aromatic N) is 3. The molecule has 0 spiro atoms. The number of rotatable bonds is 3. The van der Waals surface area contributed by atoms with Crippen molar-refractivity contribution in [1.29, 1.82) is 0 Å². The van der Waals surface area contributed by atoms with Crippen LogP contribution in [0.1, 0.15) is 0 Å². The van der Waals surface area contributed by atoms with Gasteiger partial charge in [-0.3, -0.25) is 0 Å². The van der Waals surface area contributed by atoms with Crippen molar-refractivity contribution in [1.82, 2.24) is 15.0 Å². The molecule has 0 bridgehead atoms. The van der Waals surface area contributed by atoms with Gasteiger partial charge in [0.05, 0.1) is 11.9 Å². The Balaban J connectivity index is 1.89. The van der Waals surface area contributed by atoms with Gasteiger partial charge in [0.15, 0.2) is 16.8 Å². The van der Waals surface area contributed by atoms with Gasteiger partial charge in [0.1, 0.15) is 0 Å². The molecule has 0 aliphatic rings. The van der Waals surface area contributed by atoms with Gasteiger partial charge in [-0.15, -0.1) is 11.3 Å². The maximum absolute atomic E-state index is 13.6. The van der Waals surface area contributed by atoms with Crippen LogP contribution < -0.4 is 5.32 Å². The Morgan fingerprint density at radius 3 is 2.76 bits per heavy atom. The second kappa shape index (κ2) is 5.93. The molecular weight excluding hydrogens is 334 g/mol. The molecule has 1 aromatic carbocycles. The first kappa shape index (κ1) is 14.2. The molecule has 21 heavy (non-hydrogen) atoms. The summed E-state index contributed by atoms with van der Waals surface area (Å²) in [5.74, 6) is -0.621. The summed E-state index contributed by atoms with van der Waals surface area (Å²) in [5, 5.41) is 5.65. The molecule has 0 atom stereocenters. The van der Waals surface area contributed by atoms with E-state index in [4.69, 9.17) is 23.2 Å². The van der Waals surface area contributed by atoms with Crippen LogP contribution in [0.15, 0.2) is 35.8 Å². The third-order valence-corrected chi connectivity index (χ3v) is 3.86. The van der Waals surface area contributed by atoms with Crippen molar-refractivity contribution < 1.29 is 4.39 Å². The van der Waals surface area contributed by atoms with E-state index in [0.717, 1.165) is 11.8 Å². The van der Waals surface area contributed by atoms with E-state index >= 15 is 0 Å². The van der Waals surface area contributed by atoms with Crippen molar-refractivity contribution in [2.75, 3.05) is 5.32 Å². The minimum atomic E-state index is -0.603. The van der Waals surface area contributed by atoms with Gasteiger partial charge < -0.3 is 5.32 Å². The highest BCUT2D eigenvalue weighted by molar-refractivity contribution is 7.14. The molecule has 3 rings (SSSR count). The first-order valence-corrected chi connectivity index (χ1v) is 7.42. The minimum Gasteiger partial charge on any atom is -0.314 e. The maximum Gasteiger partial charge on any atom is 0.224 e. The standard InChI is InChI=1S/C13H7Cl2FN4S/c14-8-4-2-1-3-7(8)10-6-21-13(18-10)20-11-9(16)5-17-12(15)19-11/h1-6H,(H,17,18,19,20). The maximum atomic E-state index is 13.6. The Morgan fingerprint density at radius 2 is 1.95 bits per heavy atom. The number of benzene rings is 1. The fourth-order valence-corrected chi connectivity index (χ4v) is 2.73. The van der Waals surface area contributed by atoms with Crippen LogP contribution in [0.2, 0.25) is 10.3 Å². The van der Waals surface area contributed by atoms with Crippen molar-refractivity contribution in [3.63, 3.8) is 0 Å². The van der Waals surface area contributed by atoms with Crippen molar-refractivity contribution in [2.24, 2.45) is 0 Å². The fourth-order valence-electron chi connectivity index (χ4n) is 1.66. The lowest BCUT2D eigenvalue weighted by Gasteiger charge is -2.03. The van der Waals surface area contributed by atoms with Crippen LogP contribution in [-0.2, 0) is 0 Å². The lowest BCUT2D eigenvalue weighted by molar-refractivity contribution is 0.619. The van der Waals surface area contributed by atoms with Gasteiger partial charge in [-0.1, -0.05) is 29.8 Å². The van der Waals surface area contributed by atoms with E-state index in [0.29, 0.717) is 15.8 Å². The van der Waals surface area contributed by atoms with E-state index in [2.05, 4.69) is 20.3 Å². The molecule has 8 heteroatoms.